The van der Waals surface area contributed by atoms with Crippen molar-refractivity contribution in [3.63, 3.8) is 0 Å². The highest BCUT2D eigenvalue weighted by Crippen LogP contribution is 2.36. The number of alkyl halides is 3. The second-order valence-corrected chi connectivity index (χ2v) is 3.06. The summed E-state index contributed by atoms with van der Waals surface area (Å²) in [4.78, 5) is 0. The quantitative estimate of drug-likeness (QED) is 0.720. The van der Waals surface area contributed by atoms with Crippen molar-refractivity contribution in [2.45, 2.75) is 12.8 Å². The molecule has 1 aliphatic heterocycles. The molecule has 0 bridgehead atoms. The maximum absolute atomic E-state index is 12.0. The van der Waals surface area contributed by atoms with Crippen molar-refractivity contribution in [3.05, 3.63) is 30.2 Å². The van der Waals surface area contributed by atoms with Crippen molar-refractivity contribution in [3.8, 4) is 11.5 Å². The van der Waals surface area contributed by atoms with E-state index in [0.29, 0.717) is 24.3 Å². The summed E-state index contributed by atoms with van der Waals surface area (Å²) in [5, 5.41) is 0. The Morgan fingerprint density at radius 2 is 2.07 bits per heavy atom. The van der Waals surface area contributed by atoms with Gasteiger partial charge in [-0.15, -0.1) is 13.2 Å². The van der Waals surface area contributed by atoms with Gasteiger partial charge < -0.3 is 9.47 Å². The van der Waals surface area contributed by atoms with E-state index in [4.69, 9.17) is 4.74 Å². The summed E-state index contributed by atoms with van der Waals surface area (Å²) in [5.74, 6) is 0.225. The molecule has 0 fully saturated rings. The van der Waals surface area contributed by atoms with Crippen LogP contribution in [0.4, 0.5) is 13.2 Å². The van der Waals surface area contributed by atoms with E-state index in [2.05, 4.69) is 4.74 Å². The average molecular weight is 217 g/mol. The first-order valence-electron chi connectivity index (χ1n) is 4.41. The first kappa shape index (κ1) is 10.1. The van der Waals surface area contributed by atoms with Crippen LogP contribution in [0.1, 0.15) is 12.0 Å². The number of ether oxygens (including phenoxy) is 2. The molecule has 1 radical (unpaired) electrons. The zero-order valence-corrected chi connectivity index (χ0v) is 7.67. The normalized spacial score (nSPS) is 15.4. The molecule has 15 heavy (non-hydrogen) atoms. The Bertz CT molecular complexity index is 360. The molecule has 0 atom stereocenters. The summed E-state index contributed by atoms with van der Waals surface area (Å²) in [7, 11) is 0. The van der Waals surface area contributed by atoms with Gasteiger partial charge in [-0.2, -0.15) is 0 Å². The minimum Gasteiger partial charge on any atom is -0.493 e. The van der Waals surface area contributed by atoms with Crippen LogP contribution in [0.15, 0.2) is 18.2 Å². The molecule has 0 aliphatic carbocycles. The van der Waals surface area contributed by atoms with Gasteiger partial charge in [0.2, 0.25) is 0 Å². The van der Waals surface area contributed by atoms with Gasteiger partial charge in [-0.25, -0.2) is 0 Å². The van der Waals surface area contributed by atoms with Crippen molar-refractivity contribution in [1.29, 1.82) is 0 Å². The highest BCUT2D eigenvalue weighted by molar-refractivity contribution is 5.50. The van der Waals surface area contributed by atoms with E-state index in [9.17, 15) is 13.2 Å². The maximum Gasteiger partial charge on any atom is 0.573 e. The lowest BCUT2D eigenvalue weighted by Gasteiger charge is -2.20. The number of rotatable bonds is 1. The van der Waals surface area contributed by atoms with Crippen LogP contribution < -0.4 is 9.47 Å². The van der Waals surface area contributed by atoms with Gasteiger partial charge in [0.15, 0.2) is 0 Å². The number of hydrogen-bond acceptors (Lipinski definition) is 2. The SMILES string of the molecule is FC(F)(F)Oc1cccc2c1[CH]CCO2. The summed E-state index contributed by atoms with van der Waals surface area (Å²) in [6.07, 6.45) is -2.40. The van der Waals surface area contributed by atoms with Crippen LogP contribution in [0.5, 0.6) is 11.5 Å². The van der Waals surface area contributed by atoms with Crippen LogP contribution in [0, 0.1) is 6.42 Å². The van der Waals surface area contributed by atoms with Crippen LogP contribution in [0.25, 0.3) is 0 Å². The molecule has 0 N–H and O–H groups in total. The van der Waals surface area contributed by atoms with Crippen molar-refractivity contribution >= 4 is 0 Å². The Labute approximate surface area is 84.6 Å². The molecule has 1 aromatic carbocycles. The molecule has 2 nitrogen and oxygen atoms in total. The summed E-state index contributed by atoms with van der Waals surface area (Å²) in [6.45, 7) is 0.489. The predicted molar refractivity (Wildman–Crippen MR) is 46.6 cm³/mol. The molecule has 81 valence electrons. The summed E-state index contributed by atoms with van der Waals surface area (Å²) in [5.41, 5.74) is 0.376. The first-order valence-corrected chi connectivity index (χ1v) is 4.41. The first-order chi connectivity index (χ1) is 7.06. The predicted octanol–water partition coefficient (Wildman–Crippen LogP) is 2.92. The van der Waals surface area contributed by atoms with Crippen LogP contribution in [0.2, 0.25) is 0 Å². The van der Waals surface area contributed by atoms with Crippen LogP contribution in [-0.2, 0) is 0 Å². The summed E-state index contributed by atoms with van der Waals surface area (Å²) in [6, 6.07) is 4.37. The molecule has 1 aliphatic rings. The molecule has 5 heteroatoms. The Hall–Kier alpha value is -1.39. The third-order valence-corrected chi connectivity index (χ3v) is 1.98. The van der Waals surface area contributed by atoms with Gasteiger partial charge in [-0.1, -0.05) is 6.07 Å². The van der Waals surface area contributed by atoms with Gasteiger partial charge in [0.25, 0.3) is 0 Å². The maximum atomic E-state index is 12.0. The lowest BCUT2D eigenvalue weighted by Crippen LogP contribution is -2.19. The zero-order chi connectivity index (χ0) is 10.9. The monoisotopic (exact) mass is 217 g/mol. The van der Waals surface area contributed by atoms with E-state index in [1.165, 1.54) is 12.1 Å². The van der Waals surface area contributed by atoms with Crippen LogP contribution in [-0.4, -0.2) is 13.0 Å². The number of benzene rings is 1. The van der Waals surface area contributed by atoms with Gasteiger partial charge in [-0.3, -0.25) is 0 Å². The van der Waals surface area contributed by atoms with E-state index >= 15 is 0 Å². The van der Waals surface area contributed by atoms with Crippen LogP contribution >= 0.6 is 0 Å². The topological polar surface area (TPSA) is 18.5 Å². The third-order valence-electron chi connectivity index (χ3n) is 1.98. The summed E-state index contributed by atoms with van der Waals surface area (Å²) < 4.78 is 45.2. The fourth-order valence-corrected chi connectivity index (χ4v) is 1.44. The van der Waals surface area contributed by atoms with Crippen molar-refractivity contribution in [1.82, 2.24) is 0 Å². The minimum absolute atomic E-state index is 0.209. The van der Waals surface area contributed by atoms with Crippen molar-refractivity contribution < 1.29 is 22.6 Å². The average Bonchev–Trinajstić information content (AvgIpc) is 2.16. The minimum atomic E-state index is -4.67. The Morgan fingerprint density at radius 1 is 1.27 bits per heavy atom. The van der Waals surface area contributed by atoms with Crippen LogP contribution in [0.3, 0.4) is 0 Å². The molecule has 0 unspecified atom stereocenters. The van der Waals surface area contributed by atoms with Gasteiger partial charge in [-0.05, 0) is 18.6 Å². The van der Waals surface area contributed by atoms with Crippen molar-refractivity contribution in [2.24, 2.45) is 0 Å². The molecule has 0 saturated carbocycles. The molecule has 0 amide bonds. The fourth-order valence-electron chi connectivity index (χ4n) is 1.44. The highest BCUT2D eigenvalue weighted by atomic mass is 19.4. The number of fused-ring (bicyclic) bond motifs is 1. The molecule has 0 aromatic heterocycles. The largest absolute Gasteiger partial charge is 0.573 e. The van der Waals surface area contributed by atoms with E-state index in [-0.39, 0.29) is 5.75 Å². The number of halogens is 3. The van der Waals surface area contributed by atoms with E-state index in [1.807, 2.05) is 0 Å². The Kier molecular flexibility index (Phi) is 2.46. The summed E-state index contributed by atoms with van der Waals surface area (Å²) >= 11 is 0. The highest BCUT2D eigenvalue weighted by Gasteiger charge is 2.32. The lowest BCUT2D eigenvalue weighted by molar-refractivity contribution is -0.274. The van der Waals surface area contributed by atoms with E-state index in [0.717, 1.165) is 0 Å². The molecular weight excluding hydrogens is 209 g/mol. The lowest BCUT2D eigenvalue weighted by atomic mass is 10.1. The Morgan fingerprint density at radius 3 is 2.80 bits per heavy atom. The second-order valence-electron chi connectivity index (χ2n) is 3.06. The fraction of sp³-hybridized carbons (Fsp3) is 0.300. The van der Waals surface area contributed by atoms with E-state index < -0.39 is 6.36 Å². The number of hydrogen-bond donors (Lipinski definition) is 0. The standard InChI is InChI=1S/C10H8F3O2/c11-10(12,13)15-9-5-1-4-8-7(9)3-2-6-14-8/h1,3-5H,2,6H2. The van der Waals surface area contributed by atoms with Gasteiger partial charge >= 0.3 is 6.36 Å². The van der Waals surface area contributed by atoms with Crippen molar-refractivity contribution in [2.75, 3.05) is 6.61 Å². The molecule has 2 rings (SSSR count). The molecule has 1 heterocycles. The van der Waals surface area contributed by atoms with Gasteiger partial charge in [0.1, 0.15) is 11.5 Å². The van der Waals surface area contributed by atoms with E-state index in [1.54, 1.807) is 12.5 Å². The third kappa shape index (κ3) is 2.34. The smallest absolute Gasteiger partial charge is 0.493 e. The molecule has 0 saturated heterocycles. The zero-order valence-electron chi connectivity index (χ0n) is 7.67. The molecule has 0 spiro atoms. The van der Waals surface area contributed by atoms with Gasteiger partial charge in [0, 0.05) is 12.0 Å². The second kappa shape index (κ2) is 3.64. The molecular formula is C10H8F3O2. The van der Waals surface area contributed by atoms with Gasteiger partial charge in [0.05, 0.1) is 6.61 Å². The Balaban J connectivity index is 2.31. The molecule has 1 aromatic rings.